The molecule has 0 heterocycles. The standard InChI is InChI=1S/C16H28N2O/c1-16(2,3)18-14(19)9-17-15-12-5-10-4-11(7-12)8-13(15)6-10/h10-13,15,17H,4-9H2,1-3H3,(H,18,19). The zero-order valence-electron chi connectivity index (χ0n) is 12.5. The molecule has 0 spiro atoms. The molecule has 4 fully saturated rings. The molecule has 0 aliphatic heterocycles. The highest BCUT2D eigenvalue weighted by atomic mass is 16.2. The third-order valence-corrected chi connectivity index (χ3v) is 5.24. The minimum atomic E-state index is -0.122. The summed E-state index contributed by atoms with van der Waals surface area (Å²) in [6, 6.07) is 0.610. The fraction of sp³-hybridized carbons (Fsp3) is 0.938. The van der Waals surface area contributed by atoms with Crippen LogP contribution in [-0.4, -0.2) is 24.0 Å². The van der Waals surface area contributed by atoms with Gasteiger partial charge in [-0.25, -0.2) is 0 Å². The molecular formula is C16H28N2O. The van der Waals surface area contributed by atoms with Crippen LogP contribution in [0.2, 0.25) is 0 Å². The first-order chi connectivity index (χ1) is 8.90. The van der Waals surface area contributed by atoms with Crippen LogP contribution in [0.5, 0.6) is 0 Å². The molecule has 2 N–H and O–H groups in total. The van der Waals surface area contributed by atoms with Crippen LogP contribution in [-0.2, 0) is 4.79 Å². The third kappa shape index (κ3) is 2.96. The summed E-state index contributed by atoms with van der Waals surface area (Å²) in [5.74, 6) is 3.84. The van der Waals surface area contributed by atoms with Gasteiger partial charge in [0.1, 0.15) is 0 Å². The molecule has 4 aliphatic rings. The minimum Gasteiger partial charge on any atom is -0.350 e. The summed E-state index contributed by atoms with van der Waals surface area (Å²) in [5.41, 5.74) is -0.122. The first-order valence-corrected chi connectivity index (χ1v) is 7.95. The van der Waals surface area contributed by atoms with Crippen molar-refractivity contribution in [1.29, 1.82) is 0 Å². The summed E-state index contributed by atoms with van der Waals surface area (Å²) in [6.07, 6.45) is 7.12. The molecule has 1 amide bonds. The van der Waals surface area contributed by atoms with Crippen molar-refractivity contribution in [3.8, 4) is 0 Å². The number of amides is 1. The van der Waals surface area contributed by atoms with Crippen molar-refractivity contribution in [1.82, 2.24) is 10.6 Å². The second kappa shape index (κ2) is 4.76. The van der Waals surface area contributed by atoms with Gasteiger partial charge in [0.25, 0.3) is 0 Å². The lowest BCUT2D eigenvalue weighted by molar-refractivity contribution is -0.122. The zero-order chi connectivity index (χ0) is 13.6. The average Bonchev–Trinajstić information content (AvgIpc) is 2.24. The molecule has 0 unspecified atom stereocenters. The van der Waals surface area contributed by atoms with Gasteiger partial charge in [0.15, 0.2) is 0 Å². The average molecular weight is 264 g/mol. The monoisotopic (exact) mass is 264 g/mol. The van der Waals surface area contributed by atoms with Crippen molar-refractivity contribution in [2.24, 2.45) is 23.7 Å². The number of nitrogens with one attached hydrogen (secondary N) is 2. The Morgan fingerprint density at radius 1 is 1.00 bits per heavy atom. The van der Waals surface area contributed by atoms with Crippen molar-refractivity contribution in [3.05, 3.63) is 0 Å². The van der Waals surface area contributed by atoms with Gasteiger partial charge in [-0.1, -0.05) is 0 Å². The third-order valence-electron chi connectivity index (χ3n) is 5.24. The van der Waals surface area contributed by atoms with E-state index in [0.717, 1.165) is 23.7 Å². The van der Waals surface area contributed by atoms with Gasteiger partial charge in [-0.15, -0.1) is 0 Å². The van der Waals surface area contributed by atoms with Gasteiger partial charge in [-0.2, -0.15) is 0 Å². The molecule has 4 saturated carbocycles. The molecule has 4 aliphatic carbocycles. The normalized spacial score (nSPS) is 40.5. The predicted molar refractivity (Wildman–Crippen MR) is 76.7 cm³/mol. The number of hydrogen-bond acceptors (Lipinski definition) is 2. The van der Waals surface area contributed by atoms with Gasteiger partial charge in [0.05, 0.1) is 6.54 Å². The summed E-state index contributed by atoms with van der Waals surface area (Å²) >= 11 is 0. The summed E-state index contributed by atoms with van der Waals surface area (Å²) < 4.78 is 0. The molecule has 0 atom stereocenters. The Morgan fingerprint density at radius 2 is 1.53 bits per heavy atom. The second-order valence-corrected chi connectivity index (χ2v) is 8.14. The lowest BCUT2D eigenvalue weighted by Gasteiger charge is -2.54. The molecule has 0 aromatic carbocycles. The predicted octanol–water partition coefficient (Wildman–Crippen LogP) is 2.32. The Hall–Kier alpha value is -0.570. The molecule has 0 aromatic rings. The van der Waals surface area contributed by atoms with E-state index in [1.807, 2.05) is 20.8 Å². The Bertz CT molecular complexity index is 330. The summed E-state index contributed by atoms with van der Waals surface area (Å²) in [6.45, 7) is 6.60. The van der Waals surface area contributed by atoms with E-state index in [2.05, 4.69) is 10.6 Å². The van der Waals surface area contributed by atoms with Crippen LogP contribution in [0.3, 0.4) is 0 Å². The number of carbonyl (C=O) groups is 1. The smallest absolute Gasteiger partial charge is 0.234 e. The van der Waals surface area contributed by atoms with Crippen molar-refractivity contribution < 1.29 is 4.79 Å². The first-order valence-electron chi connectivity index (χ1n) is 7.95. The highest BCUT2D eigenvalue weighted by molar-refractivity contribution is 5.78. The fourth-order valence-electron chi connectivity index (χ4n) is 4.93. The van der Waals surface area contributed by atoms with Crippen LogP contribution >= 0.6 is 0 Å². The van der Waals surface area contributed by atoms with Crippen molar-refractivity contribution in [2.75, 3.05) is 6.54 Å². The molecule has 19 heavy (non-hydrogen) atoms. The van der Waals surface area contributed by atoms with E-state index in [4.69, 9.17) is 0 Å². The van der Waals surface area contributed by atoms with Crippen LogP contribution in [0, 0.1) is 23.7 Å². The van der Waals surface area contributed by atoms with E-state index in [1.165, 1.54) is 32.1 Å². The van der Waals surface area contributed by atoms with Gasteiger partial charge in [0, 0.05) is 11.6 Å². The minimum absolute atomic E-state index is 0.122. The lowest BCUT2D eigenvalue weighted by Crippen LogP contribution is -2.56. The quantitative estimate of drug-likeness (QED) is 0.821. The molecule has 3 heteroatoms. The molecule has 4 bridgehead atoms. The Kier molecular flexibility index (Phi) is 3.36. The molecule has 0 saturated heterocycles. The molecule has 3 nitrogen and oxygen atoms in total. The highest BCUT2D eigenvalue weighted by Crippen LogP contribution is 2.53. The molecular weight excluding hydrogens is 236 g/mol. The first kappa shape index (κ1) is 13.4. The SMILES string of the molecule is CC(C)(C)NC(=O)CNC1C2CC3CC(C2)CC1C3. The second-order valence-electron chi connectivity index (χ2n) is 8.14. The van der Waals surface area contributed by atoms with Crippen LogP contribution in [0.15, 0.2) is 0 Å². The van der Waals surface area contributed by atoms with Crippen LogP contribution in [0.4, 0.5) is 0 Å². The van der Waals surface area contributed by atoms with Gasteiger partial charge >= 0.3 is 0 Å². The maximum absolute atomic E-state index is 11.9. The van der Waals surface area contributed by atoms with E-state index in [9.17, 15) is 4.79 Å². The van der Waals surface area contributed by atoms with Crippen molar-refractivity contribution >= 4 is 5.91 Å². The molecule has 0 radical (unpaired) electrons. The van der Waals surface area contributed by atoms with Gasteiger partial charge in [-0.05, 0) is 76.5 Å². The number of carbonyl (C=O) groups excluding carboxylic acids is 1. The number of rotatable bonds is 3. The Balaban J connectivity index is 1.52. The van der Waals surface area contributed by atoms with E-state index >= 15 is 0 Å². The van der Waals surface area contributed by atoms with Gasteiger partial charge in [-0.3, -0.25) is 4.79 Å². The summed E-state index contributed by atoms with van der Waals surface area (Å²) in [7, 11) is 0. The molecule has 4 rings (SSSR count). The topological polar surface area (TPSA) is 41.1 Å². The van der Waals surface area contributed by atoms with E-state index in [0.29, 0.717) is 12.6 Å². The van der Waals surface area contributed by atoms with Crippen LogP contribution < -0.4 is 10.6 Å². The lowest BCUT2D eigenvalue weighted by atomic mass is 9.54. The van der Waals surface area contributed by atoms with E-state index < -0.39 is 0 Å². The van der Waals surface area contributed by atoms with Gasteiger partial charge in [0.2, 0.25) is 5.91 Å². The van der Waals surface area contributed by atoms with E-state index in [-0.39, 0.29) is 11.4 Å². The van der Waals surface area contributed by atoms with Crippen molar-refractivity contribution in [2.45, 2.75) is 64.5 Å². The maximum atomic E-state index is 11.9. The Morgan fingerprint density at radius 3 is 2.00 bits per heavy atom. The van der Waals surface area contributed by atoms with Crippen molar-refractivity contribution in [3.63, 3.8) is 0 Å². The summed E-state index contributed by atoms with van der Waals surface area (Å²) in [4.78, 5) is 11.9. The van der Waals surface area contributed by atoms with Gasteiger partial charge < -0.3 is 10.6 Å². The van der Waals surface area contributed by atoms with E-state index in [1.54, 1.807) is 0 Å². The fourth-order valence-corrected chi connectivity index (χ4v) is 4.93. The largest absolute Gasteiger partial charge is 0.350 e. The highest BCUT2D eigenvalue weighted by Gasteiger charge is 2.47. The zero-order valence-corrected chi connectivity index (χ0v) is 12.5. The summed E-state index contributed by atoms with van der Waals surface area (Å²) in [5, 5.41) is 6.62. The maximum Gasteiger partial charge on any atom is 0.234 e. The van der Waals surface area contributed by atoms with Crippen LogP contribution in [0.25, 0.3) is 0 Å². The Labute approximate surface area is 116 Å². The molecule has 108 valence electrons. The van der Waals surface area contributed by atoms with Crippen LogP contribution in [0.1, 0.15) is 52.9 Å². The number of hydrogen-bond donors (Lipinski definition) is 2. The molecule has 0 aromatic heterocycles.